The summed E-state index contributed by atoms with van der Waals surface area (Å²) in [5.41, 5.74) is 0.777. The summed E-state index contributed by atoms with van der Waals surface area (Å²) < 4.78 is 64.9. The van der Waals surface area contributed by atoms with E-state index in [0.29, 0.717) is 40.3 Å². The molecule has 248 valence electrons. The Bertz CT molecular complexity index is 1620. The first-order valence-corrected chi connectivity index (χ1v) is 14.3. The number of halogens is 4. The van der Waals surface area contributed by atoms with Crippen molar-refractivity contribution < 1.29 is 41.4 Å². The second kappa shape index (κ2) is 12.8. The zero-order chi connectivity index (χ0) is 34.0. The summed E-state index contributed by atoms with van der Waals surface area (Å²) in [6.07, 6.45) is 0.942. The highest BCUT2D eigenvalue weighted by Crippen LogP contribution is 2.29. The third-order valence-corrected chi connectivity index (χ3v) is 6.19. The molecule has 16 heteroatoms. The van der Waals surface area contributed by atoms with Crippen LogP contribution in [0.3, 0.4) is 0 Å². The maximum Gasteiger partial charge on any atom is 0.425 e. The number of carbonyl (C=O) groups is 3. The first-order chi connectivity index (χ1) is 21.3. The van der Waals surface area contributed by atoms with Crippen molar-refractivity contribution in [3.63, 3.8) is 0 Å². The average Bonchev–Trinajstić information content (AvgIpc) is 3.34. The molecule has 4 amide bonds. The Morgan fingerprint density at radius 1 is 1.09 bits per heavy atom. The number of allylic oxidation sites excluding steroid dienone is 3. The molecule has 2 aromatic heterocycles. The molecule has 46 heavy (non-hydrogen) atoms. The Labute approximate surface area is 262 Å². The molecule has 0 spiro atoms. The van der Waals surface area contributed by atoms with E-state index in [1.165, 1.54) is 0 Å². The molecular formula is C30H35F4N7O5. The first-order valence-electron chi connectivity index (χ1n) is 14.3. The van der Waals surface area contributed by atoms with Crippen LogP contribution in [0, 0.1) is 0 Å². The number of fused-ring (bicyclic) bond motifs is 1. The first kappa shape index (κ1) is 34.0. The minimum atomic E-state index is -4.53. The third-order valence-electron chi connectivity index (χ3n) is 6.19. The van der Waals surface area contributed by atoms with E-state index in [2.05, 4.69) is 20.6 Å². The molecule has 1 aliphatic carbocycles. The Morgan fingerprint density at radius 3 is 2.35 bits per heavy atom. The Hall–Kier alpha value is -4.89. The topological polar surface area (TPSA) is 139 Å². The van der Waals surface area contributed by atoms with Crippen molar-refractivity contribution in [2.24, 2.45) is 4.99 Å². The van der Waals surface area contributed by atoms with Gasteiger partial charge in [-0.1, -0.05) is 6.08 Å². The Balaban J connectivity index is 1.59. The van der Waals surface area contributed by atoms with Gasteiger partial charge in [0.1, 0.15) is 29.6 Å². The van der Waals surface area contributed by atoms with E-state index in [1.54, 1.807) is 87.9 Å². The van der Waals surface area contributed by atoms with Gasteiger partial charge in [-0.3, -0.25) is 4.40 Å². The predicted octanol–water partition coefficient (Wildman–Crippen LogP) is 6.24. The van der Waals surface area contributed by atoms with Crippen molar-refractivity contribution in [3.8, 4) is 0 Å². The summed E-state index contributed by atoms with van der Waals surface area (Å²) in [5, 5.41) is 6.98. The Morgan fingerprint density at radius 2 is 1.74 bits per heavy atom. The van der Waals surface area contributed by atoms with Crippen molar-refractivity contribution in [1.29, 1.82) is 0 Å². The molecule has 3 heterocycles. The summed E-state index contributed by atoms with van der Waals surface area (Å²) in [7, 11) is 0. The standard InChI is InChI=1S/C30H35F4N7O5/c1-28(2,3)45-26(43)41(27(44)46-29(4,5)6)24-20(31)14-36-23(39-24)18-10-11-40-21(15-35-22(40)13-18)17-8-7-9-19(12-17)38-25(42)37-16-30(32,33)34/h9-15,23,36H,7-8,16H2,1-6H3,(H2,37,38,42)/t23-/m1/s1. The summed E-state index contributed by atoms with van der Waals surface area (Å²) in [6.45, 7) is 8.11. The lowest BCUT2D eigenvalue weighted by Gasteiger charge is -2.30. The molecule has 2 aliphatic rings. The van der Waals surface area contributed by atoms with Gasteiger partial charge in [-0.2, -0.15) is 18.1 Å². The SMILES string of the molecule is CC(C)(C)OC(=O)N(C(=O)OC(C)(C)C)C1=N[C@H](c2ccn3c(C4=CC(NC(=O)NCC(F)(F)F)=CCC4)cnc3c2)NC=C1F. The van der Waals surface area contributed by atoms with Gasteiger partial charge in [-0.25, -0.2) is 28.8 Å². The van der Waals surface area contributed by atoms with E-state index >= 15 is 4.39 Å². The average molecular weight is 650 g/mol. The van der Waals surface area contributed by atoms with Crippen LogP contribution >= 0.6 is 0 Å². The molecule has 0 saturated heterocycles. The number of ether oxygens (including phenoxy) is 2. The van der Waals surface area contributed by atoms with Gasteiger partial charge in [0.15, 0.2) is 11.7 Å². The number of aliphatic imine (C=N–C) groups is 1. The largest absolute Gasteiger partial charge is 0.443 e. The van der Waals surface area contributed by atoms with E-state index in [9.17, 15) is 27.6 Å². The fourth-order valence-corrected chi connectivity index (χ4v) is 4.39. The van der Waals surface area contributed by atoms with Crippen LogP contribution in [0.4, 0.5) is 31.9 Å². The van der Waals surface area contributed by atoms with E-state index in [4.69, 9.17) is 9.47 Å². The maximum atomic E-state index is 15.1. The highest BCUT2D eigenvalue weighted by molar-refractivity contribution is 6.15. The summed E-state index contributed by atoms with van der Waals surface area (Å²) in [6, 6.07) is 2.38. The number of hydrogen-bond acceptors (Lipinski definition) is 8. The van der Waals surface area contributed by atoms with Crippen molar-refractivity contribution in [3.05, 3.63) is 65.7 Å². The highest BCUT2D eigenvalue weighted by atomic mass is 19.4. The lowest BCUT2D eigenvalue weighted by atomic mass is 10.0. The molecule has 4 rings (SSSR count). The number of rotatable bonds is 4. The van der Waals surface area contributed by atoms with Crippen LogP contribution < -0.4 is 16.0 Å². The molecule has 1 aliphatic heterocycles. The van der Waals surface area contributed by atoms with Crippen LogP contribution in [-0.4, -0.2) is 62.3 Å². The normalized spacial score (nSPS) is 17.1. The van der Waals surface area contributed by atoms with Crippen molar-refractivity contribution in [2.75, 3.05) is 6.54 Å². The van der Waals surface area contributed by atoms with Crippen molar-refractivity contribution in [2.45, 2.75) is 77.9 Å². The lowest BCUT2D eigenvalue weighted by molar-refractivity contribution is -0.122. The van der Waals surface area contributed by atoms with Crippen LogP contribution in [0.5, 0.6) is 0 Å². The number of hydrogen-bond donors (Lipinski definition) is 3. The predicted molar refractivity (Wildman–Crippen MR) is 160 cm³/mol. The molecule has 0 unspecified atom stereocenters. The number of pyridine rings is 1. The van der Waals surface area contributed by atoms with E-state index in [1.807, 2.05) is 0 Å². The molecular weight excluding hydrogens is 614 g/mol. The van der Waals surface area contributed by atoms with Crippen LogP contribution in [0.1, 0.15) is 71.8 Å². The lowest BCUT2D eigenvalue weighted by Crippen LogP contribution is -2.48. The second-order valence-corrected chi connectivity index (χ2v) is 12.4. The maximum absolute atomic E-state index is 15.1. The molecule has 2 aromatic rings. The zero-order valence-electron chi connectivity index (χ0n) is 26.1. The summed E-state index contributed by atoms with van der Waals surface area (Å²) in [5.74, 6) is -1.60. The smallest absolute Gasteiger partial charge is 0.425 e. The Kier molecular flexibility index (Phi) is 9.49. The van der Waals surface area contributed by atoms with Gasteiger partial charge >= 0.3 is 24.4 Å². The molecule has 0 aromatic carbocycles. The highest BCUT2D eigenvalue weighted by Gasteiger charge is 2.38. The van der Waals surface area contributed by atoms with Gasteiger partial charge in [-0.05, 0) is 78.2 Å². The summed E-state index contributed by atoms with van der Waals surface area (Å²) >= 11 is 0. The molecule has 0 bridgehead atoms. The molecule has 1 atom stereocenters. The van der Waals surface area contributed by atoms with Crippen molar-refractivity contribution >= 4 is 35.3 Å². The number of nitrogens with one attached hydrogen (secondary N) is 3. The van der Waals surface area contributed by atoms with Gasteiger partial charge in [-0.15, -0.1) is 0 Å². The minimum absolute atomic E-state index is 0.342. The zero-order valence-corrected chi connectivity index (χ0v) is 26.1. The second-order valence-electron chi connectivity index (χ2n) is 12.4. The number of urea groups is 1. The molecule has 3 N–H and O–H groups in total. The monoisotopic (exact) mass is 649 g/mol. The molecule has 0 saturated carbocycles. The van der Waals surface area contributed by atoms with E-state index in [-0.39, 0.29) is 0 Å². The molecule has 0 radical (unpaired) electrons. The fourth-order valence-electron chi connectivity index (χ4n) is 4.39. The fraction of sp³-hybridized carbons (Fsp3) is 0.433. The third kappa shape index (κ3) is 8.85. The molecule has 0 fully saturated rings. The number of amidine groups is 1. The number of alkyl halides is 3. The minimum Gasteiger partial charge on any atom is -0.443 e. The quantitative estimate of drug-likeness (QED) is 0.334. The van der Waals surface area contributed by atoms with E-state index in [0.717, 1.165) is 11.8 Å². The number of nitrogens with zero attached hydrogens (tertiary/aromatic N) is 4. The van der Waals surface area contributed by atoms with Gasteiger partial charge in [0.2, 0.25) is 0 Å². The number of imide groups is 1. The van der Waals surface area contributed by atoms with Gasteiger partial charge < -0.3 is 25.4 Å². The van der Waals surface area contributed by atoms with Crippen LogP contribution in [0.15, 0.2) is 59.4 Å². The number of aromatic nitrogens is 2. The number of amides is 4. The number of imidazole rings is 1. The van der Waals surface area contributed by atoms with Crippen LogP contribution in [-0.2, 0) is 9.47 Å². The van der Waals surface area contributed by atoms with Gasteiger partial charge in [0.05, 0.1) is 11.9 Å². The van der Waals surface area contributed by atoms with Gasteiger partial charge in [0.25, 0.3) is 0 Å². The molecule has 12 nitrogen and oxygen atoms in total. The van der Waals surface area contributed by atoms with E-state index < -0.39 is 60.0 Å². The van der Waals surface area contributed by atoms with Crippen LogP contribution in [0.2, 0.25) is 0 Å². The van der Waals surface area contributed by atoms with Gasteiger partial charge in [0, 0.05) is 23.7 Å². The number of carbonyl (C=O) groups excluding carboxylic acids is 3. The summed E-state index contributed by atoms with van der Waals surface area (Å²) in [4.78, 5) is 47.3. The van der Waals surface area contributed by atoms with Crippen molar-refractivity contribution in [1.82, 2.24) is 30.2 Å². The van der Waals surface area contributed by atoms with Crippen LogP contribution in [0.25, 0.3) is 11.2 Å².